The van der Waals surface area contributed by atoms with Crippen LogP contribution < -0.4 is 43.0 Å². The van der Waals surface area contributed by atoms with Crippen molar-refractivity contribution in [1.82, 2.24) is 51.5 Å². The van der Waals surface area contributed by atoms with Gasteiger partial charge in [0, 0.05) is 78.4 Å². The molecule has 2 aromatic rings. The molecule has 2 saturated heterocycles. The number of nitrogens with zero attached hydrogens (tertiary/aromatic N) is 4. The third-order valence-electron chi connectivity index (χ3n) is 18.5. The molecule has 95 heavy (non-hydrogen) atoms. The summed E-state index contributed by atoms with van der Waals surface area (Å²) >= 11 is 0. The highest BCUT2D eigenvalue weighted by atomic mass is 16.5. The average molecular weight is 1330 g/mol. The molecule has 0 spiro atoms. The van der Waals surface area contributed by atoms with Gasteiger partial charge in [-0.3, -0.25) is 52.8 Å². The second-order valence-electron chi connectivity index (χ2n) is 26.9. The van der Waals surface area contributed by atoms with Gasteiger partial charge in [-0.2, -0.15) is 0 Å². The summed E-state index contributed by atoms with van der Waals surface area (Å²) in [6.45, 7) is 19.4. The number of rotatable bonds is 37. The van der Waals surface area contributed by atoms with E-state index in [2.05, 4.69) is 37.2 Å². The minimum absolute atomic E-state index is 0.00818. The second-order valence-corrected chi connectivity index (χ2v) is 26.9. The van der Waals surface area contributed by atoms with Gasteiger partial charge in [0.1, 0.15) is 24.2 Å². The molecular weight excluding hydrogens is 1220 g/mol. The van der Waals surface area contributed by atoms with E-state index in [1.54, 1.807) is 73.7 Å². The topological polar surface area (TPSA) is 350 Å². The number of carbonyl (C=O) groups is 11. The van der Waals surface area contributed by atoms with E-state index in [-0.39, 0.29) is 106 Å². The fourth-order valence-corrected chi connectivity index (χ4v) is 13.0. The van der Waals surface area contributed by atoms with E-state index < -0.39 is 114 Å². The number of carbonyl (C=O) groups excluding carboxylic acids is 10. The predicted molar refractivity (Wildman–Crippen MR) is 360 cm³/mol. The second kappa shape index (κ2) is 38.7. The van der Waals surface area contributed by atoms with Crippen molar-refractivity contribution in [1.29, 1.82) is 0 Å². The average Bonchev–Trinajstić information content (AvgIpc) is 1.81. The van der Waals surface area contributed by atoms with E-state index in [4.69, 9.17) is 15.2 Å². The number of carboxylic acid groups (broad SMARTS) is 1. The maximum atomic E-state index is 14.6. The van der Waals surface area contributed by atoms with Crippen molar-refractivity contribution < 1.29 is 67.3 Å². The minimum Gasteiger partial charge on any atom is -0.481 e. The molecule has 0 bridgehead atoms. The summed E-state index contributed by atoms with van der Waals surface area (Å²) in [4.78, 5) is 155. The summed E-state index contributed by atoms with van der Waals surface area (Å²) < 4.78 is 12.2. The molecule has 26 heteroatoms. The SMILES string of the molecule is CC[C@H](C)[C@@H]([C@@H](CC(=O)N1CCC[C@H]1[C@H](OC)[C@@H](C)C(=O)N[C@@H](Cc1ccccc1)C(=O)NCc1ccc(NC(=O)[C@H](CCCNC(N)=O)NC(=O)[C@@H](NC(=O)CCC(=O)N2CC[C@@H](C(=O)O)C[C@H]2C)C(C)C)cc1)OC)N(C)C(=O)[C@@H](NC(=O)[C@H](C(C)C)N(C)C)C(C)C. The number of aliphatic carboxylic acids is 1. The number of hydrogen-bond acceptors (Lipinski definition) is 14. The first-order chi connectivity index (χ1) is 44.8. The van der Waals surface area contributed by atoms with Crippen molar-refractivity contribution in [2.45, 2.75) is 207 Å². The Morgan fingerprint density at radius 3 is 1.87 bits per heavy atom. The zero-order valence-corrected chi connectivity index (χ0v) is 58.7. The number of piperidine rings is 1. The van der Waals surface area contributed by atoms with Crippen LogP contribution in [0.1, 0.15) is 145 Å². The largest absolute Gasteiger partial charge is 0.481 e. The van der Waals surface area contributed by atoms with Gasteiger partial charge in [0.15, 0.2) is 0 Å². The van der Waals surface area contributed by atoms with Gasteiger partial charge in [-0.25, -0.2) is 4.79 Å². The Morgan fingerprint density at radius 2 is 1.32 bits per heavy atom. The molecule has 13 atom stereocenters. The van der Waals surface area contributed by atoms with Crippen LogP contribution in [-0.2, 0) is 70.4 Å². The monoisotopic (exact) mass is 1330 g/mol. The highest BCUT2D eigenvalue weighted by Gasteiger charge is 2.44. The normalized spacial score (nSPS) is 18.8. The number of likely N-dealkylation sites (N-methyl/N-ethyl adjacent to an activating group) is 2. The zero-order valence-electron chi connectivity index (χ0n) is 58.7. The van der Waals surface area contributed by atoms with E-state index in [1.807, 2.05) is 90.9 Å². The van der Waals surface area contributed by atoms with Crippen molar-refractivity contribution in [2.75, 3.05) is 60.3 Å². The number of amides is 11. The van der Waals surface area contributed by atoms with E-state index in [9.17, 15) is 57.8 Å². The summed E-state index contributed by atoms with van der Waals surface area (Å²) in [6, 6.07) is 9.14. The summed E-state index contributed by atoms with van der Waals surface area (Å²) in [5, 5.41) is 29.1. The van der Waals surface area contributed by atoms with Crippen LogP contribution in [0.4, 0.5) is 10.5 Å². The van der Waals surface area contributed by atoms with E-state index in [0.29, 0.717) is 49.9 Å². The van der Waals surface area contributed by atoms with E-state index in [1.165, 1.54) is 14.2 Å². The lowest BCUT2D eigenvalue weighted by atomic mass is 9.89. The molecule has 11 amide bonds. The van der Waals surface area contributed by atoms with Gasteiger partial charge >= 0.3 is 12.0 Å². The molecule has 0 unspecified atom stereocenters. The number of anilines is 1. The maximum absolute atomic E-state index is 14.6. The Labute approximate surface area is 561 Å². The molecule has 2 aromatic carbocycles. The zero-order chi connectivity index (χ0) is 71.0. The number of nitrogens with one attached hydrogen (secondary N) is 7. The van der Waals surface area contributed by atoms with Crippen LogP contribution in [0.5, 0.6) is 0 Å². The Hall–Kier alpha value is -7.71. The summed E-state index contributed by atoms with van der Waals surface area (Å²) in [7, 11) is 8.38. The molecule has 0 aromatic heterocycles. The summed E-state index contributed by atoms with van der Waals surface area (Å²) in [5.41, 5.74) is 7.05. The molecule has 2 fully saturated rings. The number of ether oxygens (including phenoxy) is 2. The molecule has 530 valence electrons. The van der Waals surface area contributed by atoms with Crippen molar-refractivity contribution in [3.63, 3.8) is 0 Å². The van der Waals surface area contributed by atoms with Gasteiger partial charge in [-0.05, 0) is 106 Å². The smallest absolute Gasteiger partial charge is 0.312 e. The van der Waals surface area contributed by atoms with Gasteiger partial charge in [0.2, 0.25) is 53.2 Å². The first-order valence-corrected chi connectivity index (χ1v) is 33.6. The number of carboxylic acids is 1. The van der Waals surface area contributed by atoms with Crippen LogP contribution in [0.2, 0.25) is 0 Å². The highest BCUT2D eigenvalue weighted by Crippen LogP contribution is 2.31. The van der Waals surface area contributed by atoms with E-state index in [0.717, 1.165) is 5.56 Å². The minimum atomic E-state index is -1.14. The molecule has 2 aliphatic rings. The molecule has 2 aliphatic heterocycles. The van der Waals surface area contributed by atoms with Crippen molar-refractivity contribution >= 4 is 70.9 Å². The highest BCUT2D eigenvalue weighted by molar-refractivity contribution is 5.99. The molecule has 0 aliphatic carbocycles. The first-order valence-electron chi connectivity index (χ1n) is 33.6. The van der Waals surface area contributed by atoms with Crippen LogP contribution in [0.15, 0.2) is 54.6 Å². The van der Waals surface area contributed by atoms with Crippen molar-refractivity contribution in [3.8, 4) is 0 Å². The van der Waals surface area contributed by atoms with Gasteiger partial charge in [-0.15, -0.1) is 0 Å². The van der Waals surface area contributed by atoms with Gasteiger partial charge in [0.25, 0.3) is 0 Å². The van der Waals surface area contributed by atoms with Crippen LogP contribution >= 0.6 is 0 Å². The van der Waals surface area contributed by atoms with Crippen LogP contribution in [0, 0.1) is 35.5 Å². The first kappa shape index (κ1) is 79.7. The van der Waals surface area contributed by atoms with Crippen molar-refractivity contribution in [2.24, 2.45) is 41.2 Å². The fraction of sp³-hybridized carbons (Fsp3) is 0.667. The Kier molecular flexibility index (Phi) is 32.5. The number of methoxy groups -OCH3 is 2. The third-order valence-corrected chi connectivity index (χ3v) is 18.5. The third kappa shape index (κ3) is 23.9. The maximum Gasteiger partial charge on any atom is 0.312 e. The lowest BCUT2D eigenvalue weighted by Crippen LogP contribution is -2.59. The Bertz CT molecular complexity index is 2870. The number of urea groups is 1. The number of likely N-dealkylation sites (tertiary alicyclic amines) is 2. The lowest BCUT2D eigenvalue weighted by Gasteiger charge is -2.41. The Balaban J connectivity index is 1.44. The molecular formula is C69H110N12O14. The van der Waals surface area contributed by atoms with Crippen LogP contribution in [0.3, 0.4) is 0 Å². The molecule has 0 saturated carbocycles. The van der Waals surface area contributed by atoms with Gasteiger partial charge in [0.05, 0.1) is 48.6 Å². The van der Waals surface area contributed by atoms with E-state index >= 15 is 0 Å². The predicted octanol–water partition coefficient (Wildman–Crippen LogP) is 4.18. The van der Waals surface area contributed by atoms with Crippen molar-refractivity contribution in [3.05, 3.63) is 65.7 Å². The standard InChI is InChI=1S/C69H110N12O14/c1-16-43(8)60(79(13)67(90)58(41(4)5)77-66(89)59(42(6)7)78(11)12)53(94-14)38-56(84)81-34-21-25-52(81)61(95-15)45(10)62(85)75-51(37-46-22-18-17-19-23-46)63(86)72-39-47-26-28-49(29-27-47)73-64(87)50(24-20-33-71-69(70)93)74-65(88)57(40(2)3)76-54(82)30-31-55(83)80-35-32-48(68(91)92)36-44(80)9/h17-19,22-23,26-29,40-45,48,50-53,57-61H,16,20-21,24-25,30-39H2,1-15H3,(H,72,86)(H,73,87)(H,74,88)(H,75,85)(H,76,82)(H,77,89)(H,91,92)(H3,70,71,93)/t43-,44+,45+,48+,50-,51-,52-,53+,57-,58-,59-,60-,61+/m0/s1. The number of primary amides is 1. The quantitative estimate of drug-likeness (QED) is 0.0429. The molecule has 4 rings (SSSR count). The molecule has 2 heterocycles. The fourth-order valence-electron chi connectivity index (χ4n) is 13.0. The summed E-state index contributed by atoms with van der Waals surface area (Å²) in [5.74, 6) is -6.90. The number of hydrogen-bond donors (Lipinski definition) is 9. The lowest BCUT2D eigenvalue weighted by molar-refractivity contribution is -0.148. The molecule has 0 radical (unpaired) electrons. The number of nitrogens with two attached hydrogens (primary N) is 1. The van der Waals surface area contributed by atoms with Crippen LogP contribution in [0.25, 0.3) is 0 Å². The van der Waals surface area contributed by atoms with Crippen LogP contribution in [-0.4, -0.2) is 205 Å². The molecule has 26 nitrogen and oxygen atoms in total. The Morgan fingerprint density at radius 1 is 0.674 bits per heavy atom. The van der Waals surface area contributed by atoms with Gasteiger partial charge < -0.3 is 72.2 Å². The number of benzene rings is 2. The van der Waals surface area contributed by atoms with Gasteiger partial charge in [-0.1, -0.05) is 111 Å². The molecule has 10 N–H and O–H groups in total. The summed E-state index contributed by atoms with van der Waals surface area (Å²) in [6.07, 6.45) is 0.993.